The molecule has 0 radical (unpaired) electrons. The van der Waals surface area contributed by atoms with Crippen LogP contribution in [0.3, 0.4) is 0 Å². The Hall–Kier alpha value is -2.44. The van der Waals surface area contributed by atoms with Crippen LogP contribution in [-0.2, 0) is 12.1 Å². The summed E-state index contributed by atoms with van der Waals surface area (Å²) < 4.78 is 10.7. The molecule has 2 unspecified atom stereocenters. The van der Waals surface area contributed by atoms with Gasteiger partial charge in [0.15, 0.2) is 23.0 Å². The van der Waals surface area contributed by atoms with Crippen molar-refractivity contribution in [1.29, 1.82) is 0 Å². The summed E-state index contributed by atoms with van der Waals surface area (Å²) in [4.78, 5) is 0. The van der Waals surface area contributed by atoms with Crippen LogP contribution in [0.5, 0.6) is 23.0 Å². The molecule has 24 heavy (non-hydrogen) atoms. The van der Waals surface area contributed by atoms with Gasteiger partial charge in [-0.25, -0.2) is 0 Å². The SMILES string of the molecule is CC(Cc1ccc2c(c1)OCO2)NC(C)(O)c1ccc(O)c(O)c1. The summed E-state index contributed by atoms with van der Waals surface area (Å²) in [5.74, 6) is 0.988. The molecule has 0 aliphatic carbocycles. The zero-order valence-corrected chi connectivity index (χ0v) is 13.6. The summed E-state index contributed by atoms with van der Waals surface area (Å²) in [6.07, 6.45) is 0.677. The molecule has 0 bridgehead atoms. The van der Waals surface area contributed by atoms with Crippen molar-refractivity contribution in [3.05, 3.63) is 47.5 Å². The lowest BCUT2D eigenvalue weighted by Crippen LogP contribution is -2.45. The molecule has 1 heterocycles. The highest BCUT2D eigenvalue weighted by Gasteiger charge is 2.26. The molecule has 1 aliphatic rings. The van der Waals surface area contributed by atoms with E-state index in [-0.39, 0.29) is 24.3 Å². The fraction of sp³-hybridized carbons (Fsp3) is 0.333. The summed E-state index contributed by atoms with van der Waals surface area (Å²) in [6.45, 7) is 3.81. The first-order chi connectivity index (χ1) is 11.3. The van der Waals surface area contributed by atoms with Crippen molar-refractivity contribution >= 4 is 0 Å². The van der Waals surface area contributed by atoms with Gasteiger partial charge in [0.2, 0.25) is 6.79 Å². The molecule has 1 aliphatic heterocycles. The van der Waals surface area contributed by atoms with E-state index in [2.05, 4.69) is 5.32 Å². The number of nitrogens with one attached hydrogen (secondary N) is 1. The monoisotopic (exact) mass is 331 g/mol. The Kier molecular flexibility index (Phi) is 4.26. The van der Waals surface area contributed by atoms with Crippen molar-refractivity contribution in [3.63, 3.8) is 0 Å². The molecular weight excluding hydrogens is 310 g/mol. The van der Waals surface area contributed by atoms with Gasteiger partial charge >= 0.3 is 0 Å². The Morgan fingerprint density at radius 2 is 1.83 bits per heavy atom. The number of ether oxygens (including phenoxy) is 2. The Bertz CT molecular complexity index is 744. The lowest BCUT2D eigenvalue weighted by molar-refractivity contribution is 0.00948. The van der Waals surface area contributed by atoms with Gasteiger partial charge in [0.1, 0.15) is 5.72 Å². The van der Waals surface area contributed by atoms with Crippen LogP contribution >= 0.6 is 0 Å². The maximum Gasteiger partial charge on any atom is 0.231 e. The van der Waals surface area contributed by atoms with Crippen molar-refractivity contribution in [2.24, 2.45) is 0 Å². The number of hydrogen-bond donors (Lipinski definition) is 4. The van der Waals surface area contributed by atoms with E-state index in [0.717, 1.165) is 17.1 Å². The molecule has 2 atom stereocenters. The lowest BCUT2D eigenvalue weighted by atomic mass is 10.0. The Morgan fingerprint density at radius 3 is 2.58 bits per heavy atom. The average molecular weight is 331 g/mol. The van der Waals surface area contributed by atoms with Crippen LogP contribution in [-0.4, -0.2) is 28.2 Å². The van der Waals surface area contributed by atoms with Crippen LogP contribution in [0.1, 0.15) is 25.0 Å². The van der Waals surface area contributed by atoms with E-state index in [1.807, 2.05) is 25.1 Å². The average Bonchev–Trinajstić information content (AvgIpc) is 2.96. The van der Waals surface area contributed by atoms with Crippen LogP contribution < -0.4 is 14.8 Å². The maximum absolute atomic E-state index is 10.7. The minimum Gasteiger partial charge on any atom is -0.504 e. The standard InChI is InChI=1S/C18H21NO5/c1-11(7-12-3-6-16-17(8-12)24-10-23-16)19-18(2,22)13-4-5-14(20)15(21)9-13/h3-6,8-9,11,19-22H,7,10H2,1-2H3. The summed E-state index contributed by atoms with van der Waals surface area (Å²) in [7, 11) is 0. The smallest absolute Gasteiger partial charge is 0.231 e. The largest absolute Gasteiger partial charge is 0.504 e. The molecule has 2 aromatic rings. The van der Waals surface area contributed by atoms with Gasteiger partial charge in [-0.15, -0.1) is 0 Å². The van der Waals surface area contributed by atoms with Gasteiger partial charge in [0.25, 0.3) is 0 Å². The molecule has 2 aromatic carbocycles. The molecule has 4 N–H and O–H groups in total. The second-order valence-corrected chi connectivity index (χ2v) is 6.21. The lowest BCUT2D eigenvalue weighted by Gasteiger charge is -2.29. The first-order valence-corrected chi connectivity index (χ1v) is 7.76. The number of aromatic hydroxyl groups is 2. The van der Waals surface area contributed by atoms with Gasteiger partial charge in [-0.2, -0.15) is 0 Å². The molecule has 3 rings (SSSR count). The van der Waals surface area contributed by atoms with Crippen LogP contribution in [0.15, 0.2) is 36.4 Å². The number of phenols is 2. The normalized spacial score (nSPS) is 16.6. The summed E-state index contributed by atoms with van der Waals surface area (Å²) in [5.41, 5.74) is 0.181. The second-order valence-electron chi connectivity index (χ2n) is 6.21. The van der Waals surface area contributed by atoms with Crippen LogP contribution in [0.2, 0.25) is 0 Å². The maximum atomic E-state index is 10.7. The van der Waals surface area contributed by atoms with Gasteiger partial charge < -0.3 is 24.8 Å². The van der Waals surface area contributed by atoms with E-state index < -0.39 is 5.72 Å². The molecule has 0 aromatic heterocycles. The van der Waals surface area contributed by atoms with Gasteiger partial charge in [0.05, 0.1) is 0 Å². The number of fused-ring (bicyclic) bond motifs is 1. The number of rotatable bonds is 5. The van der Waals surface area contributed by atoms with Crippen LogP contribution in [0, 0.1) is 0 Å². The molecule has 0 spiro atoms. The summed E-state index contributed by atoms with van der Waals surface area (Å²) in [6, 6.07) is 9.99. The molecular formula is C18H21NO5. The zero-order chi connectivity index (χ0) is 17.3. The first kappa shape index (κ1) is 16.4. The minimum absolute atomic E-state index is 0.0451. The van der Waals surface area contributed by atoms with E-state index in [1.165, 1.54) is 12.1 Å². The highest BCUT2D eigenvalue weighted by molar-refractivity contribution is 5.45. The van der Waals surface area contributed by atoms with Crippen molar-refractivity contribution < 1.29 is 24.8 Å². The van der Waals surface area contributed by atoms with Gasteiger partial charge in [-0.1, -0.05) is 12.1 Å². The predicted molar refractivity (Wildman–Crippen MR) is 88.2 cm³/mol. The van der Waals surface area contributed by atoms with Gasteiger partial charge in [-0.3, -0.25) is 5.32 Å². The molecule has 6 nitrogen and oxygen atoms in total. The Balaban J connectivity index is 1.68. The quantitative estimate of drug-likeness (QED) is 0.496. The number of benzene rings is 2. The van der Waals surface area contributed by atoms with Gasteiger partial charge in [0, 0.05) is 11.6 Å². The molecule has 6 heteroatoms. The van der Waals surface area contributed by atoms with E-state index in [9.17, 15) is 15.3 Å². The van der Waals surface area contributed by atoms with Gasteiger partial charge in [-0.05, 0) is 50.1 Å². The molecule has 128 valence electrons. The topological polar surface area (TPSA) is 91.2 Å². The summed E-state index contributed by atoms with van der Waals surface area (Å²) in [5, 5.41) is 32.8. The van der Waals surface area contributed by atoms with Crippen molar-refractivity contribution in [2.75, 3.05) is 6.79 Å². The molecule has 0 saturated heterocycles. The third-order valence-electron chi connectivity index (χ3n) is 4.04. The molecule has 0 fully saturated rings. The first-order valence-electron chi connectivity index (χ1n) is 7.76. The Morgan fingerprint density at radius 1 is 1.08 bits per heavy atom. The minimum atomic E-state index is -1.35. The zero-order valence-electron chi connectivity index (χ0n) is 13.6. The highest BCUT2D eigenvalue weighted by Crippen LogP contribution is 2.33. The van der Waals surface area contributed by atoms with Crippen molar-refractivity contribution in [3.8, 4) is 23.0 Å². The van der Waals surface area contributed by atoms with E-state index in [4.69, 9.17) is 9.47 Å². The second kappa shape index (κ2) is 6.22. The number of phenolic OH excluding ortho intramolecular Hbond substituents is 2. The van der Waals surface area contributed by atoms with Crippen molar-refractivity contribution in [1.82, 2.24) is 5.32 Å². The number of hydrogen-bond acceptors (Lipinski definition) is 6. The van der Waals surface area contributed by atoms with E-state index in [0.29, 0.717) is 12.0 Å². The summed E-state index contributed by atoms with van der Waals surface area (Å²) >= 11 is 0. The highest BCUT2D eigenvalue weighted by atomic mass is 16.7. The number of aliphatic hydroxyl groups is 1. The fourth-order valence-electron chi connectivity index (χ4n) is 2.86. The van der Waals surface area contributed by atoms with E-state index >= 15 is 0 Å². The third-order valence-corrected chi connectivity index (χ3v) is 4.04. The third kappa shape index (κ3) is 3.39. The van der Waals surface area contributed by atoms with Crippen LogP contribution in [0.25, 0.3) is 0 Å². The molecule has 0 saturated carbocycles. The Labute approximate surface area is 140 Å². The van der Waals surface area contributed by atoms with E-state index in [1.54, 1.807) is 13.0 Å². The van der Waals surface area contributed by atoms with Crippen molar-refractivity contribution in [2.45, 2.75) is 32.0 Å². The fourth-order valence-corrected chi connectivity index (χ4v) is 2.86. The van der Waals surface area contributed by atoms with Crippen LogP contribution in [0.4, 0.5) is 0 Å². The molecule has 0 amide bonds. The predicted octanol–water partition coefficient (Wildman–Crippen LogP) is 2.21.